The fourth-order valence-corrected chi connectivity index (χ4v) is 3.74. The number of benzene rings is 1. The van der Waals surface area contributed by atoms with Crippen LogP contribution in [0.25, 0.3) is 5.57 Å². The number of amidine groups is 1. The lowest BCUT2D eigenvalue weighted by Gasteiger charge is -2.21. The number of rotatable bonds is 4. The molecule has 3 rings (SSSR count). The number of pyridine rings is 1. The maximum atomic E-state index is 13.3. The summed E-state index contributed by atoms with van der Waals surface area (Å²) in [5.74, 6) is 0.0923. The van der Waals surface area contributed by atoms with Crippen molar-refractivity contribution in [2.24, 2.45) is 4.99 Å². The molecule has 32 heavy (non-hydrogen) atoms. The molecule has 1 aliphatic rings. The Bertz CT molecular complexity index is 1060. The molecule has 0 radical (unpaired) electrons. The predicted molar refractivity (Wildman–Crippen MR) is 123 cm³/mol. The van der Waals surface area contributed by atoms with Crippen LogP contribution in [0.1, 0.15) is 42.7 Å². The molecule has 3 N–H and O–H groups in total. The standard InChI is InChI=1S/C23H26ClFN4O3/c1-14-10-18(25)5-6-20(14)27-15(2)28-23(32)29-8-3-4-16(7-9-29)22-19(24)11-17(12-26-22)21(31)13-30/h4-6,10-12,21,30-31H,3,7-9,13H2,1-2H3,(H,27,28,32)/t21-/m1/s1. The van der Waals surface area contributed by atoms with Crippen LogP contribution in [0.5, 0.6) is 0 Å². The molecule has 0 aliphatic carbocycles. The van der Waals surface area contributed by atoms with Gasteiger partial charge in [-0.3, -0.25) is 10.3 Å². The summed E-state index contributed by atoms with van der Waals surface area (Å²) >= 11 is 6.36. The van der Waals surface area contributed by atoms with Crippen LogP contribution in [-0.2, 0) is 0 Å². The lowest BCUT2D eigenvalue weighted by atomic mass is 10.1. The van der Waals surface area contributed by atoms with Gasteiger partial charge in [-0.2, -0.15) is 0 Å². The Labute approximate surface area is 191 Å². The summed E-state index contributed by atoms with van der Waals surface area (Å²) in [4.78, 5) is 23.1. The Hall–Kier alpha value is -2.81. The second-order valence-electron chi connectivity index (χ2n) is 7.61. The number of amides is 2. The van der Waals surface area contributed by atoms with Crippen molar-refractivity contribution in [3.05, 3.63) is 64.2 Å². The Morgan fingerprint density at radius 3 is 2.84 bits per heavy atom. The summed E-state index contributed by atoms with van der Waals surface area (Å²) in [5, 5.41) is 22.0. The van der Waals surface area contributed by atoms with Crippen LogP contribution in [-0.4, -0.2) is 51.7 Å². The molecule has 1 aliphatic heterocycles. The Morgan fingerprint density at radius 2 is 2.16 bits per heavy atom. The number of urea groups is 1. The third-order valence-electron chi connectivity index (χ3n) is 5.19. The highest BCUT2D eigenvalue weighted by Gasteiger charge is 2.20. The number of aliphatic imine (C=N–C) groups is 1. The van der Waals surface area contributed by atoms with E-state index in [4.69, 9.17) is 16.7 Å². The third-order valence-corrected chi connectivity index (χ3v) is 5.48. The van der Waals surface area contributed by atoms with E-state index in [1.54, 1.807) is 30.9 Å². The van der Waals surface area contributed by atoms with Gasteiger partial charge >= 0.3 is 6.03 Å². The van der Waals surface area contributed by atoms with E-state index in [0.717, 1.165) is 5.57 Å². The maximum Gasteiger partial charge on any atom is 0.322 e. The molecule has 0 bridgehead atoms. The number of nitrogens with one attached hydrogen (secondary N) is 1. The van der Waals surface area contributed by atoms with Crippen LogP contribution >= 0.6 is 11.6 Å². The van der Waals surface area contributed by atoms with Gasteiger partial charge in [0.2, 0.25) is 0 Å². The van der Waals surface area contributed by atoms with Crippen LogP contribution in [0.4, 0.5) is 14.9 Å². The van der Waals surface area contributed by atoms with Gasteiger partial charge in [0.15, 0.2) is 0 Å². The summed E-state index contributed by atoms with van der Waals surface area (Å²) in [5.41, 5.74) is 3.25. The summed E-state index contributed by atoms with van der Waals surface area (Å²) < 4.78 is 13.3. The Morgan fingerprint density at radius 1 is 1.38 bits per heavy atom. The molecule has 0 saturated heterocycles. The van der Waals surface area contributed by atoms with Gasteiger partial charge in [0.05, 0.1) is 23.0 Å². The van der Waals surface area contributed by atoms with Crippen molar-refractivity contribution in [1.29, 1.82) is 0 Å². The number of hydrogen-bond donors (Lipinski definition) is 3. The van der Waals surface area contributed by atoms with E-state index in [1.165, 1.54) is 18.3 Å². The van der Waals surface area contributed by atoms with E-state index < -0.39 is 12.7 Å². The molecule has 7 nitrogen and oxygen atoms in total. The largest absolute Gasteiger partial charge is 0.393 e. The number of aromatic nitrogens is 1. The summed E-state index contributed by atoms with van der Waals surface area (Å²) in [6.07, 6.45) is 3.67. The monoisotopic (exact) mass is 460 g/mol. The van der Waals surface area contributed by atoms with Crippen LogP contribution in [0.3, 0.4) is 0 Å². The highest BCUT2D eigenvalue weighted by Crippen LogP contribution is 2.29. The number of hydrogen-bond acceptors (Lipinski definition) is 5. The number of nitrogens with zero attached hydrogens (tertiary/aromatic N) is 3. The van der Waals surface area contributed by atoms with Crippen molar-refractivity contribution in [1.82, 2.24) is 15.2 Å². The highest BCUT2D eigenvalue weighted by atomic mass is 35.5. The van der Waals surface area contributed by atoms with Crippen LogP contribution < -0.4 is 5.32 Å². The first-order valence-corrected chi connectivity index (χ1v) is 10.7. The quantitative estimate of drug-likeness (QED) is 0.471. The average Bonchev–Trinajstić information content (AvgIpc) is 3.01. The van der Waals surface area contributed by atoms with Gasteiger partial charge in [-0.1, -0.05) is 17.7 Å². The highest BCUT2D eigenvalue weighted by molar-refractivity contribution is 6.32. The van der Waals surface area contributed by atoms with Crippen molar-refractivity contribution >= 4 is 34.7 Å². The number of carbonyl (C=O) groups is 1. The normalized spacial score (nSPS) is 15.8. The minimum Gasteiger partial charge on any atom is -0.393 e. The van der Waals surface area contributed by atoms with Crippen molar-refractivity contribution < 1.29 is 19.4 Å². The van der Waals surface area contributed by atoms with Gasteiger partial charge in [-0.05, 0) is 62.1 Å². The molecule has 1 aromatic carbocycles. The topological polar surface area (TPSA) is 98.1 Å². The van der Waals surface area contributed by atoms with Crippen molar-refractivity contribution in [2.75, 3.05) is 19.7 Å². The van der Waals surface area contributed by atoms with Gasteiger partial charge in [0.1, 0.15) is 17.8 Å². The molecular formula is C23H26ClFN4O3. The number of aliphatic hydroxyl groups excluding tert-OH is 2. The lowest BCUT2D eigenvalue weighted by molar-refractivity contribution is 0.0953. The molecule has 9 heteroatoms. The summed E-state index contributed by atoms with van der Waals surface area (Å²) in [6.45, 7) is 4.04. The number of aliphatic hydroxyl groups is 2. The molecule has 0 saturated carbocycles. The third kappa shape index (κ3) is 5.91. The Kier molecular flexibility index (Phi) is 7.95. The molecule has 0 unspecified atom stereocenters. The van der Waals surface area contributed by atoms with E-state index >= 15 is 0 Å². The molecule has 0 fully saturated rings. The first kappa shape index (κ1) is 23.8. The van der Waals surface area contributed by atoms with E-state index in [9.17, 15) is 14.3 Å². The van der Waals surface area contributed by atoms with Gasteiger partial charge < -0.3 is 15.1 Å². The van der Waals surface area contributed by atoms with Crippen molar-refractivity contribution in [3.63, 3.8) is 0 Å². The van der Waals surface area contributed by atoms with Crippen molar-refractivity contribution in [3.8, 4) is 0 Å². The van der Waals surface area contributed by atoms with Gasteiger partial charge in [-0.15, -0.1) is 0 Å². The average molecular weight is 461 g/mol. The SMILES string of the molecule is CC(=Nc1ccc(F)cc1C)NC(=O)N1CCC=C(c2ncc([C@H](O)CO)cc2Cl)CC1. The molecule has 170 valence electrons. The second-order valence-corrected chi connectivity index (χ2v) is 8.02. The number of halogens is 2. The fraction of sp³-hybridized carbons (Fsp3) is 0.348. The molecule has 1 aromatic heterocycles. The van der Waals surface area contributed by atoms with Crippen LogP contribution in [0.15, 0.2) is 41.5 Å². The minimum absolute atomic E-state index is 0.263. The molecule has 2 amide bonds. The van der Waals surface area contributed by atoms with Crippen molar-refractivity contribution in [2.45, 2.75) is 32.8 Å². The van der Waals surface area contributed by atoms with E-state index in [2.05, 4.69) is 15.3 Å². The molecule has 1 atom stereocenters. The van der Waals surface area contributed by atoms with E-state index in [1.807, 2.05) is 6.08 Å². The summed E-state index contributed by atoms with van der Waals surface area (Å²) in [7, 11) is 0. The van der Waals surface area contributed by atoms with Gasteiger partial charge in [0.25, 0.3) is 0 Å². The van der Waals surface area contributed by atoms with Crippen LogP contribution in [0.2, 0.25) is 5.02 Å². The molecule has 0 spiro atoms. The first-order valence-electron chi connectivity index (χ1n) is 10.3. The Balaban J connectivity index is 1.63. The zero-order chi connectivity index (χ0) is 23.3. The second kappa shape index (κ2) is 10.7. The fourth-order valence-electron chi connectivity index (χ4n) is 3.45. The maximum absolute atomic E-state index is 13.3. The van der Waals surface area contributed by atoms with Crippen LogP contribution in [0, 0.1) is 12.7 Å². The molecule has 2 aromatic rings. The molecule has 2 heterocycles. The number of carbonyl (C=O) groups excluding carboxylic acids is 1. The van der Waals surface area contributed by atoms with E-state index in [0.29, 0.717) is 59.3 Å². The number of aryl methyl sites for hydroxylation is 1. The van der Waals surface area contributed by atoms with Gasteiger partial charge in [-0.25, -0.2) is 14.2 Å². The first-order chi connectivity index (χ1) is 15.3. The lowest BCUT2D eigenvalue weighted by Crippen LogP contribution is -2.42. The minimum atomic E-state index is -1.03. The molecular weight excluding hydrogens is 435 g/mol. The smallest absolute Gasteiger partial charge is 0.322 e. The predicted octanol–water partition coefficient (Wildman–Crippen LogP) is 4.15. The zero-order valence-electron chi connectivity index (χ0n) is 18.0. The summed E-state index contributed by atoms with van der Waals surface area (Å²) in [6, 6.07) is 5.63. The van der Waals surface area contributed by atoms with E-state index in [-0.39, 0.29) is 11.8 Å². The van der Waals surface area contributed by atoms with Gasteiger partial charge in [0, 0.05) is 24.8 Å². The zero-order valence-corrected chi connectivity index (χ0v) is 18.7.